The topological polar surface area (TPSA) is 49.7 Å². The summed E-state index contributed by atoms with van der Waals surface area (Å²) < 4.78 is 0. The van der Waals surface area contributed by atoms with Crippen molar-refractivity contribution in [3.8, 4) is 0 Å². The van der Waals surface area contributed by atoms with Gasteiger partial charge in [0.25, 0.3) is 0 Å². The molecule has 0 bridgehead atoms. The molecule has 1 heterocycles. The first-order valence-electron chi connectivity index (χ1n) is 3.79. The first kappa shape index (κ1) is 7.73. The number of carbonyl (C=O) groups is 1. The second-order valence-corrected chi connectivity index (χ2v) is 2.84. The van der Waals surface area contributed by atoms with Crippen LogP contribution in [0.1, 0.15) is 5.56 Å². The molecule has 13 heavy (non-hydrogen) atoms. The van der Waals surface area contributed by atoms with Gasteiger partial charge in [0.15, 0.2) is 5.76 Å². The van der Waals surface area contributed by atoms with Gasteiger partial charge in [0, 0.05) is 5.56 Å². The monoisotopic (exact) mass is 173 g/mol. The summed E-state index contributed by atoms with van der Waals surface area (Å²) >= 11 is 0. The van der Waals surface area contributed by atoms with Gasteiger partial charge >= 0.3 is 5.91 Å². The van der Waals surface area contributed by atoms with Crippen LogP contribution in [0.3, 0.4) is 0 Å². The first-order valence-corrected chi connectivity index (χ1v) is 3.79. The van der Waals surface area contributed by atoms with Crippen LogP contribution < -0.4 is 10.6 Å². The maximum Gasteiger partial charge on any atom is 0.312 e. The van der Waals surface area contributed by atoms with Crippen molar-refractivity contribution in [1.29, 1.82) is 0 Å². The molecule has 0 aliphatic carbocycles. The summed E-state index contributed by atoms with van der Waals surface area (Å²) in [6.07, 6.45) is 1.40. The van der Waals surface area contributed by atoms with E-state index < -0.39 is 5.91 Å². The van der Waals surface area contributed by atoms with Crippen LogP contribution in [-0.4, -0.2) is 11.0 Å². The minimum Gasteiger partial charge on any atom is -0.503 e. The molecule has 0 unspecified atom stereocenters. The maximum atomic E-state index is 10.9. The van der Waals surface area contributed by atoms with Gasteiger partial charge in [0.2, 0.25) is 0 Å². The lowest BCUT2D eigenvalue weighted by atomic mass is 10.1. The van der Waals surface area contributed by atoms with Gasteiger partial charge in [0.1, 0.15) is 0 Å². The average Bonchev–Trinajstić information content (AvgIpc) is 2.08. The molecule has 0 fully saturated rings. The normalized spacial score (nSPS) is 14.5. The Labute approximate surface area is 74.4 Å². The van der Waals surface area contributed by atoms with E-state index in [1.807, 2.05) is 0 Å². The standard InChI is InChI=1S/C10H7NO2/c1-6-2-3-8-7(4-6)5-9(12)10(13)11-8/h2-5,12H,1H2. The van der Waals surface area contributed by atoms with Crippen molar-refractivity contribution in [2.45, 2.75) is 0 Å². The number of carbonyl (C=O) groups excluding carboxylic acids is 1. The minimum absolute atomic E-state index is 0.321. The number of hydrogen-bond donors (Lipinski definition) is 1. The van der Waals surface area contributed by atoms with E-state index >= 15 is 0 Å². The zero-order valence-corrected chi connectivity index (χ0v) is 6.82. The fourth-order valence-electron chi connectivity index (χ4n) is 1.20. The summed E-state index contributed by atoms with van der Waals surface area (Å²) in [5.74, 6) is -0.914. The molecule has 1 aromatic carbocycles. The Hall–Kier alpha value is -1.90. The van der Waals surface area contributed by atoms with Crippen molar-refractivity contribution in [2.24, 2.45) is 4.99 Å². The van der Waals surface area contributed by atoms with Crippen molar-refractivity contribution in [1.82, 2.24) is 0 Å². The van der Waals surface area contributed by atoms with E-state index in [0.29, 0.717) is 5.36 Å². The van der Waals surface area contributed by atoms with E-state index in [1.165, 1.54) is 6.08 Å². The molecule has 2 rings (SSSR count). The summed E-state index contributed by atoms with van der Waals surface area (Å²) in [4.78, 5) is 14.6. The van der Waals surface area contributed by atoms with Crippen LogP contribution in [0, 0.1) is 0 Å². The van der Waals surface area contributed by atoms with Gasteiger partial charge in [-0.05, 0) is 23.4 Å². The predicted molar refractivity (Wildman–Crippen MR) is 48.4 cm³/mol. The quantitative estimate of drug-likeness (QED) is 0.607. The zero-order valence-electron chi connectivity index (χ0n) is 6.82. The van der Waals surface area contributed by atoms with E-state index in [-0.39, 0.29) is 5.76 Å². The lowest BCUT2D eigenvalue weighted by Crippen LogP contribution is -2.19. The molecule has 1 aromatic rings. The molecular formula is C10H7NO2. The summed E-state index contributed by atoms with van der Waals surface area (Å²) in [5.41, 5.74) is 0.726. The Morgan fingerprint density at radius 2 is 2.15 bits per heavy atom. The highest BCUT2D eigenvalue weighted by molar-refractivity contribution is 5.97. The third-order valence-corrected chi connectivity index (χ3v) is 1.83. The number of fused-ring (bicyclic) bond motifs is 1. The molecule has 1 amide bonds. The van der Waals surface area contributed by atoms with Crippen molar-refractivity contribution in [2.75, 3.05) is 0 Å². The Morgan fingerprint density at radius 1 is 1.38 bits per heavy atom. The second kappa shape index (κ2) is 2.55. The fourth-order valence-corrected chi connectivity index (χ4v) is 1.20. The lowest BCUT2D eigenvalue weighted by molar-refractivity contribution is -0.116. The van der Waals surface area contributed by atoms with Crippen LogP contribution in [0.5, 0.6) is 0 Å². The highest BCUT2D eigenvalue weighted by Crippen LogP contribution is 2.04. The first-order chi connectivity index (χ1) is 6.16. The summed E-state index contributed by atoms with van der Waals surface area (Å²) in [7, 11) is 0. The minimum atomic E-state index is -0.593. The number of nitrogens with zero attached hydrogens (tertiary/aromatic N) is 1. The molecule has 64 valence electrons. The molecule has 1 N–H and O–H groups in total. The number of rotatable bonds is 0. The van der Waals surface area contributed by atoms with Gasteiger partial charge in [-0.2, -0.15) is 0 Å². The number of aliphatic hydroxyl groups is 1. The number of amides is 1. The molecule has 0 radical (unpaired) electrons. The second-order valence-electron chi connectivity index (χ2n) is 2.84. The van der Waals surface area contributed by atoms with Crippen LogP contribution in [0.2, 0.25) is 0 Å². The third-order valence-electron chi connectivity index (χ3n) is 1.83. The van der Waals surface area contributed by atoms with Crippen LogP contribution in [0.25, 0.3) is 12.7 Å². The van der Waals surface area contributed by atoms with Gasteiger partial charge in [-0.1, -0.05) is 12.6 Å². The van der Waals surface area contributed by atoms with Crippen LogP contribution in [0.4, 0.5) is 0 Å². The third kappa shape index (κ3) is 1.24. The molecule has 3 nitrogen and oxygen atoms in total. The molecule has 0 aromatic heterocycles. The van der Waals surface area contributed by atoms with Crippen molar-refractivity contribution >= 4 is 18.6 Å². The van der Waals surface area contributed by atoms with E-state index in [1.54, 1.807) is 18.2 Å². The molecular weight excluding hydrogens is 166 g/mol. The number of aliphatic hydroxyl groups excluding tert-OH is 1. The molecule has 3 heteroatoms. The van der Waals surface area contributed by atoms with E-state index in [0.717, 1.165) is 10.8 Å². The van der Waals surface area contributed by atoms with Crippen molar-refractivity contribution in [3.05, 3.63) is 40.1 Å². The Kier molecular flexibility index (Phi) is 1.52. The van der Waals surface area contributed by atoms with Gasteiger partial charge in [-0.15, -0.1) is 0 Å². The predicted octanol–water partition coefficient (Wildman–Crippen LogP) is 0.156. The highest BCUT2D eigenvalue weighted by atomic mass is 16.3. The van der Waals surface area contributed by atoms with Crippen LogP contribution >= 0.6 is 0 Å². The van der Waals surface area contributed by atoms with Gasteiger partial charge in [-0.25, -0.2) is 4.99 Å². The Balaban J connectivity index is 2.80. The summed E-state index contributed by atoms with van der Waals surface area (Å²) in [6.45, 7) is 3.74. The number of hydrogen-bond acceptors (Lipinski definition) is 2. The molecule has 1 aliphatic heterocycles. The Morgan fingerprint density at radius 3 is 2.92 bits per heavy atom. The Bertz CT molecular complexity index is 514. The SMILES string of the molecule is C=c1ccc2c(c1)C=C(O)C(=O)N=2. The van der Waals surface area contributed by atoms with Crippen molar-refractivity contribution in [3.63, 3.8) is 0 Å². The van der Waals surface area contributed by atoms with E-state index in [2.05, 4.69) is 11.6 Å². The summed E-state index contributed by atoms with van der Waals surface area (Å²) in [6, 6.07) is 5.24. The highest BCUT2D eigenvalue weighted by Gasteiger charge is 2.11. The van der Waals surface area contributed by atoms with Gasteiger partial charge in [0.05, 0.1) is 5.36 Å². The fraction of sp³-hybridized carbons (Fsp3) is 0. The van der Waals surface area contributed by atoms with Gasteiger partial charge < -0.3 is 5.11 Å². The van der Waals surface area contributed by atoms with Crippen LogP contribution in [0.15, 0.2) is 29.0 Å². The van der Waals surface area contributed by atoms with Gasteiger partial charge in [-0.3, -0.25) is 4.79 Å². The van der Waals surface area contributed by atoms with E-state index in [4.69, 9.17) is 5.11 Å². The molecule has 0 saturated carbocycles. The molecule has 0 saturated heterocycles. The van der Waals surface area contributed by atoms with Crippen LogP contribution in [-0.2, 0) is 4.79 Å². The number of benzene rings is 1. The average molecular weight is 173 g/mol. The molecule has 0 atom stereocenters. The zero-order chi connectivity index (χ0) is 9.42. The van der Waals surface area contributed by atoms with Crippen molar-refractivity contribution < 1.29 is 9.90 Å². The molecule has 1 aliphatic rings. The summed E-state index contributed by atoms with van der Waals surface area (Å²) in [5, 5.41) is 10.5. The lowest BCUT2D eigenvalue weighted by Gasteiger charge is -2.02. The molecule has 0 spiro atoms. The smallest absolute Gasteiger partial charge is 0.312 e. The van der Waals surface area contributed by atoms with E-state index in [9.17, 15) is 4.79 Å². The largest absolute Gasteiger partial charge is 0.503 e. The maximum absolute atomic E-state index is 10.9.